The summed E-state index contributed by atoms with van der Waals surface area (Å²) >= 11 is 0. The molecule has 3 rings (SSSR count). The van der Waals surface area contributed by atoms with Crippen LogP contribution in [0.25, 0.3) is 0 Å². The second-order valence-corrected chi connectivity index (χ2v) is 4.52. The zero-order valence-corrected chi connectivity index (χ0v) is 12.0. The number of hydrogen-bond donors (Lipinski definition) is 0. The second kappa shape index (κ2) is 6.45. The third-order valence-electron chi connectivity index (χ3n) is 3.61. The molecule has 18 heavy (non-hydrogen) atoms. The van der Waals surface area contributed by atoms with Gasteiger partial charge >= 0.3 is 0 Å². The summed E-state index contributed by atoms with van der Waals surface area (Å²) < 4.78 is 5.23. The van der Waals surface area contributed by atoms with E-state index in [-0.39, 0.29) is 24.8 Å². The molecule has 4 nitrogen and oxygen atoms in total. The van der Waals surface area contributed by atoms with Crippen molar-refractivity contribution in [3.8, 4) is 5.75 Å². The summed E-state index contributed by atoms with van der Waals surface area (Å²) in [6.07, 6.45) is 4.97. The first kappa shape index (κ1) is 15.3. The number of nitrogens with zero attached hydrogens (tertiary/aromatic N) is 3. The van der Waals surface area contributed by atoms with E-state index in [4.69, 9.17) is 4.74 Å². The van der Waals surface area contributed by atoms with Crippen LogP contribution in [0, 0.1) is 0 Å². The number of anilines is 1. The van der Waals surface area contributed by atoms with Gasteiger partial charge in [0.1, 0.15) is 5.75 Å². The van der Waals surface area contributed by atoms with E-state index < -0.39 is 0 Å². The Balaban J connectivity index is 0.000000810. The predicted octanol–water partition coefficient (Wildman–Crippen LogP) is 1.83. The number of hydrogen-bond acceptors (Lipinski definition) is 4. The maximum Gasteiger partial charge on any atom is 0.139 e. The van der Waals surface area contributed by atoms with Gasteiger partial charge in [-0.3, -0.25) is 9.88 Å². The van der Waals surface area contributed by atoms with E-state index in [0.717, 1.165) is 12.3 Å². The molecule has 2 aliphatic heterocycles. The van der Waals surface area contributed by atoms with Crippen LogP contribution in [-0.4, -0.2) is 49.2 Å². The number of methoxy groups -OCH3 is 1. The van der Waals surface area contributed by atoms with Crippen molar-refractivity contribution in [2.24, 2.45) is 0 Å². The highest BCUT2D eigenvalue weighted by atomic mass is 35.5. The van der Waals surface area contributed by atoms with Crippen molar-refractivity contribution >= 4 is 30.5 Å². The van der Waals surface area contributed by atoms with Crippen LogP contribution in [-0.2, 0) is 0 Å². The second-order valence-electron chi connectivity index (χ2n) is 4.52. The minimum atomic E-state index is 0. The summed E-state index contributed by atoms with van der Waals surface area (Å²) in [5.41, 5.74) is 1.20. The molecule has 0 spiro atoms. The van der Waals surface area contributed by atoms with Crippen LogP contribution in [0.5, 0.6) is 5.75 Å². The summed E-state index contributed by atoms with van der Waals surface area (Å²) in [6.45, 7) is 4.74. The third-order valence-corrected chi connectivity index (χ3v) is 3.61. The number of rotatable bonds is 2. The Hall–Kier alpha value is -0.710. The maximum atomic E-state index is 5.23. The van der Waals surface area contributed by atoms with Gasteiger partial charge in [-0.25, -0.2) is 0 Å². The van der Waals surface area contributed by atoms with E-state index >= 15 is 0 Å². The molecule has 0 radical (unpaired) electrons. The highest BCUT2D eigenvalue weighted by Gasteiger charge is 2.32. The van der Waals surface area contributed by atoms with Gasteiger partial charge in [0.2, 0.25) is 0 Å². The quantitative estimate of drug-likeness (QED) is 0.831. The van der Waals surface area contributed by atoms with Gasteiger partial charge in [0, 0.05) is 38.3 Å². The molecule has 2 unspecified atom stereocenters. The van der Waals surface area contributed by atoms with Gasteiger partial charge in [-0.1, -0.05) is 0 Å². The lowest BCUT2D eigenvalue weighted by molar-refractivity contribution is 0.310. The monoisotopic (exact) mass is 291 g/mol. The van der Waals surface area contributed by atoms with E-state index in [1.807, 2.05) is 6.20 Å². The van der Waals surface area contributed by atoms with Crippen molar-refractivity contribution in [1.82, 2.24) is 9.88 Å². The molecule has 2 atom stereocenters. The zero-order valence-electron chi connectivity index (χ0n) is 10.4. The van der Waals surface area contributed by atoms with E-state index in [9.17, 15) is 0 Å². The molecule has 0 amide bonds. The minimum Gasteiger partial charge on any atom is -0.495 e. The molecule has 2 fully saturated rings. The lowest BCUT2D eigenvalue weighted by Gasteiger charge is -2.36. The van der Waals surface area contributed by atoms with Gasteiger partial charge in [-0.2, -0.15) is 0 Å². The van der Waals surface area contributed by atoms with Gasteiger partial charge in [-0.05, 0) is 6.42 Å². The zero-order chi connectivity index (χ0) is 11.0. The molecule has 2 aliphatic rings. The summed E-state index contributed by atoms with van der Waals surface area (Å²) in [5, 5.41) is 0. The average molecular weight is 292 g/mol. The smallest absolute Gasteiger partial charge is 0.139 e. The molecular weight excluding hydrogens is 273 g/mol. The maximum absolute atomic E-state index is 5.23. The van der Waals surface area contributed by atoms with E-state index in [1.165, 1.54) is 31.7 Å². The van der Waals surface area contributed by atoms with Crippen LogP contribution in [0.3, 0.4) is 0 Å². The molecule has 1 aromatic rings. The highest BCUT2D eigenvalue weighted by Crippen LogP contribution is 2.28. The van der Waals surface area contributed by atoms with Crippen LogP contribution in [0.1, 0.15) is 6.42 Å². The molecule has 3 heterocycles. The van der Waals surface area contributed by atoms with E-state index in [2.05, 4.69) is 20.9 Å². The number of piperazine rings is 1. The van der Waals surface area contributed by atoms with Crippen LogP contribution < -0.4 is 9.64 Å². The molecule has 0 aromatic carbocycles. The third kappa shape index (κ3) is 2.82. The Morgan fingerprint density at radius 3 is 2.83 bits per heavy atom. The molecule has 1 aromatic heterocycles. The first-order valence-corrected chi connectivity index (χ1v) is 5.85. The number of aromatic nitrogens is 1. The van der Waals surface area contributed by atoms with Crippen molar-refractivity contribution in [3.05, 3.63) is 18.5 Å². The molecule has 0 N–H and O–H groups in total. The van der Waals surface area contributed by atoms with Gasteiger partial charge in [0.25, 0.3) is 0 Å². The molecule has 102 valence electrons. The number of pyridine rings is 1. The Morgan fingerprint density at radius 1 is 1.22 bits per heavy atom. The van der Waals surface area contributed by atoms with Gasteiger partial charge in [-0.15, -0.1) is 24.8 Å². The number of fused-ring (bicyclic) bond motifs is 2. The van der Waals surface area contributed by atoms with Crippen LogP contribution in [0.4, 0.5) is 5.69 Å². The van der Waals surface area contributed by atoms with E-state index in [1.54, 1.807) is 13.3 Å². The normalized spacial score (nSPS) is 25.1. The summed E-state index contributed by atoms with van der Waals surface area (Å²) in [6, 6.07) is 2.75. The Morgan fingerprint density at radius 2 is 2.06 bits per heavy atom. The Bertz CT molecular complexity index is 391. The fourth-order valence-electron chi connectivity index (χ4n) is 2.72. The lowest BCUT2D eigenvalue weighted by Crippen LogP contribution is -2.46. The van der Waals surface area contributed by atoms with Crippen LogP contribution in [0.15, 0.2) is 18.5 Å². The van der Waals surface area contributed by atoms with Crippen molar-refractivity contribution < 1.29 is 4.74 Å². The fraction of sp³-hybridized carbons (Fsp3) is 0.583. The van der Waals surface area contributed by atoms with E-state index in [0.29, 0.717) is 6.04 Å². The molecule has 0 aliphatic carbocycles. The molecule has 6 heteroatoms. The standard InChI is InChI=1S/C12H17N3O.2ClH/c1-16-12-6-11(7-13-8-12)15-5-4-14-3-2-10(15)9-14;;/h6-8,10H,2-5,9H2,1H3;2*1H. The number of ether oxygens (including phenoxy) is 1. The fourth-order valence-corrected chi connectivity index (χ4v) is 2.72. The topological polar surface area (TPSA) is 28.6 Å². The Kier molecular flexibility index (Phi) is 5.50. The molecular formula is C12H19Cl2N3O. The van der Waals surface area contributed by atoms with Gasteiger partial charge in [0.15, 0.2) is 0 Å². The molecule has 2 saturated heterocycles. The van der Waals surface area contributed by atoms with Crippen molar-refractivity contribution in [2.45, 2.75) is 12.5 Å². The Labute approximate surface area is 120 Å². The first-order valence-electron chi connectivity index (χ1n) is 5.85. The molecule has 2 bridgehead atoms. The summed E-state index contributed by atoms with van der Waals surface area (Å²) in [5.74, 6) is 0.845. The van der Waals surface area contributed by atoms with Gasteiger partial charge < -0.3 is 9.64 Å². The summed E-state index contributed by atoms with van der Waals surface area (Å²) in [4.78, 5) is 9.24. The molecule has 0 saturated carbocycles. The van der Waals surface area contributed by atoms with Crippen LogP contribution >= 0.6 is 24.8 Å². The predicted molar refractivity (Wildman–Crippen MR) is 77.5 cm³/mol. The SMILES string of the molecule is COc1cncc(N2CCN3CCC2C3)c1.Cl.Cl. The van der Waals surface area contributed by atoms with Crippen molar-refractivity contribution in [3.63, 3.8) is 0 Å². The van der Waals surface area contributed by atoms with Crippen molar-refractivity contribution in [2.75, 3.05) is 38.2 Å². The first-order chi connectivity index (χ1) is 7.86. The minimum absolute atomic E-state index is 0. The largest absolute Gasteiger partial charge is 0.495 e. The highest BCUT2D eigenvalue weighted by molar-refractivity contribution is 5.85. The van der Waals surface area contributed by atoms with Crippen LogP contribution in [0.2, 0.25) is 0 Å². The number of halogens is 2. The lowest BCUT2D eigenvalue weighted by atomic mass is 10.2. The summed E-state index contributed by atoms with van der Waals surface area (Å²) in [7, 11) is 1.69. The van der Waals surface area contributed by atoms with Crippen molar-refractivity contribution in [1.29, 1.82) is 0 Å². The average Bonchev–Trinajstić information content (AvgIpc) is 2.71. The van der Waals surface area contributed by atoms with Gasteiger partial charge in [0.05, 0.1) is 25.2 Å².